The molecule has 0 radical (unpaired) electrons. The largest absolute Gasteiger partial charge is 0.397 e. The molecule has 0 unspecified atom stereocenters. The van der Waals surface area contributed by atoms with Gasteiger partial charge in [0.15, 0.2) is 0 Å². The van der Waals surface area contributed by atoms with E-state index in [0.717, 1.165) is 6.42 Å². The van der Waals surface area contributed by atoms with E-state index in [-0.39, 0.29) is 5.41 Å². The Hall–Kier alpha value is -1.18. The zero-order valence-corrected chi connectivity index (χ0v) is 11.1. The van der Waals surface area contributed by atoms with Crippen LogP contribution in [0.2, 0.25) is 0 Å². The summed E-state index contributed by atoms with van der Waals surface area (Å²) < 4.78 is 0. The summed E-state index contributed by atoms with van der Waals surface area (Å²) in [5.41, 5.74) is 14.6. The molecule has 0 heterocycles. The molecule has 16 heavy (non-hydrogen) atoms. The fraction of sp³-hybridized carbons (Fsp3) is 0.571. The lowest BCUT2D eigenvalue weighted by Gasteiger charge is -2.33. The van der Waals surface area contributed by atoms with Crippen molar-refractivity contribution in [1.29, 1.82) is 0 Å². The Morgan fingerprint density at radius 2 is 1.50 bits per heavy atom. The van der Waals surface area contributed by atoms with E-state index in [2.05, 4.69) is 40.7 Å². The predicted octanol–water partition coefficient (Wildman–Crippen LogP) is 3.56. The van der Waals surface area contributed by atoms with Gasteiger partial charge in [-0.3, -0.25) is 0 Å². The fourth-order valence-corrected chi connectivity index (χ4v) is 2.42. The van der Waals surface area contributed by atoms with Gasteiger partial charge in [0.05, 0.1) is 11.4 Å². The molecule has 90 valence electrons. The van der Waals surface area contributed by atoms with Crippen LogP contribution in [-0.4, -0.2) is 0 Å². The summed E-state index contributed by atoms with van der Waals surface area (Å²) in [6.45, 7) is 11.3. The van der Waals surface area contributed by atoms with Crippen LogP contribution in [0.4, 0.5) is 11.4 Å². The van der Waals surface area contributed by atoms with E-state index in [0.29, 0.717) is 16.8 Å². The maximum Gasteiger partial charge on any atom is 0.0550 e. The number of hydrogen-bond acceptors (Lipinski definition) is 2. The first-order valence-electron chi connectivity index (χ1n) is 5.77. The summed E-state index contributed by atoms with van der Waals surface area (Å²) in [4.78, 5) is 0. The van der Waals surface area contributed by atoms with Crippen LogP contribution in [0.25, 0.3) is 0 Å². The van der Waals surface area contributed by atoms with Gasteiger partial charge in [-0.1, -0.05) is 40.7 Å². The highest BCUT2D eigenvalue weighted by Crippen LogP contribution is 2.37. The van der Waals surface area contributed by atoms with E-state index in [1.807, 2.05) is 12.1 Å². The van der Waals surface area contributed by atoms with E-state index in [4.69, 9.17) is 11.5 Å². The molecule has 0 saturated heterocycles. The molecule has 0 aliphatic carbocycles. The Balaban J connectivity index is 3.02. The molecule has 2 heteroatoms. The molecule has 2 nitrogen and oxygen atoms in total. The van der Waals surface area contributed by atoms with Crippen LogP contribution in [0.15, 0.2) is 18.2 Å². The summed E-state index contributed by atoms with van der Waals surface area (Å²) >= 11 is 0. The molecule has 0 saturated carbocycles. The van der Waals surface area contributed by atoms with Gasteiger partial charge in [0, 0.05) is 0 Å². The zero-order chi connectivity index (χ0) is 12.6. The van der Waals surface area contributed by atoms with Crippen LogP contribution >= 0.6 is 0 Å². The number of benzene rings is 1. The van der Waals surface area contributed by atoms with Gasteiger partial charge in [-0.15, -0.1) is 0 Å². The van der Waals surface area contributed by atoms with Crippen molar-refractivity contribution in [2.45, 2.75) is 46.5 Å². The second kappa shape index (κ2) is 4.00. The Morgan fingerprint density at radius 3 is 1.94 bits per heavy atom. The molecule has 0 fully saturated rings. The van der Waals surface area contributed by atoms with Crippen molar-refractivity contribution >= 4 is 11.4 Å². The third kappa shape index (κ3) is 3.16. The molecule has 1 aromatic rings. The first kappa shape index (κ1) is 12.9. The quantitative estimate of drug-likeness (QED) is 0.749. The van der Waals surface area contributed by atoms with Crippen LogP contribution in [0.5, 0.6) is 0 Å². The number of nitrogens with two attached hydrogens (primary N) is 2. The van der Waals surface area contributed by atoms with Gasteiger partial charge < -0.3 is 11.5 Å². The van der Waals surface area contributed by atoms with E-state index in [1.54, 1.807) is 0 Å². The van der Waals surface area contributed by atoms with Crippen molar-refractivity contribution in [2.24, 2.45) is 5.41 Å². The highest BCUT2D eigenvalue weighted by atomic mass is 14.7. The van der Waals surface area contributed by atoms with Crippen molar-refractivity contribution in [3.63, 3.8) is 0 Å². The van der Waals surface area contributed by atoms with E-state index in [1.165, 1.54) is 5.56 Å². The van der Waals surface area contributed by atoms with E-state index < -0.39 is 0 Å². The van der Waals surface area contributed by atoms with E-state index >= 15 is 0 Å². The lowest BCUT2D eigenvalue weighted by atomic mass is 9.72. The molecular weight excluding hydrogens is 196 g/mol. The van der Waals surface area contributed by atoms with Crippen molar-refractivity contribution in [2.75, 3.05) is 11.5 Å². The summed E-state index contributed by atoms with van der Waals surface area (Å²) in [6.07, 6.45) is 1.11. The molecule has 1 aromatic carbocycles. The molecule has 0 aromatic heterocycles. The minimum absolute atomic E-state index is 0.125. The standard InChI is InChI=1S/C14H24N2/c1-13(2,3)9-14(4,5)10-6-7-11(15)12(16)8-10/h6-8H,9,15-16H2,1-5H3. The number of anilines is 2. The van der Waals surface area contributed by atoms with Gasteiger partial charge in [0.2, 0.25) is 0 Å². The van der Waals surface area contributed by atoms with Gasteiger partial charge in [0.1, 0.15) is 0 Å². The number of rotatable bonds is 2. The first-order valence-corrected chi connectivity index (χ1v) is 5.77. The molecule has 0 atom stereocenters. The Kier molecular flexibility index (Phi) is 3.22. The number of nitrogen functional groups attached to an aromatic ring is 2. The third-order valence-corrected chi connectivity index (χ3v) is 2.84. The SMILES string of the molecule is CC(C)(C)CC(C)(C)c1ccc(N)c(N)c1. The summed E-state index contributed by atoms with van der Waals surface area (Å²) in [5, 5.41) is 0. The van der Waals surface area contributed by atoms with Crippen LogP contribution in [0.1, 0.15) is 46.6 Å². The smallest absolute Gasteiger partial charge is 0.0550 e. The van der Waals surface area contributed by atoms with Crippen LogP contribution in [-0.2, 0) is 5.41 Å². The summed E-state index contributed by atoms with van der Waals surface area (Å²) in [7, 11) is 0. The van der Waals surface area contributed by atoms with Gasteiger partial charge in [-0.05, 0) is 34.9 Å². The Morgan fingerprint density at radius 1 is 0.938 bits per heavy atom. The molecule has 4 N–H and O–H groups in total. The minimum atomic E-state index is 0.125. The molecule has 0 amide bonds. The van der Waals surface area contributed by atoms with Gasteiger partial charge >= 0.3 is 0 Å². The van der Waals surface area contributed by atoms with Crippen LogP contribution in [0, 0.1) is 5.41 Å². The molecule has 0 spiro atoms. The monoisotopic (exact) mass is 220 g/mol. The molecule has 1 rings (SSSR count). The maximum atomic E-state index is 5.86. The van der Waals surface area contributed by atoms with Crippen molar-refractivity contribution < 1.29 is 0 Å². The zero-order valence-electron chi connectivity index (χ0n) is 11.1. The van der Waals surface area contributed by atoms with E-state index in [9.17, 15) is 0 Å². The maximum absolute atomic E-state index is 5.86. The molecule has 0 bridgehead atoms. The van der Waals surface area contributed by atoms with Crippen LogP contribution in [0.3, 0.4) is 0 Å². The summed E-state index contributed by atoms with van der Waals surface area (Å²) in [6, 6.07) is 5.98. The average molecular weight is 220 g/mol. The number of hydrogen-bond donors (Lipinski definition) is 2. The third-order valence-electron chi connectivity index (χ3n) is 2.84. The summed E-state index contributed by atoms with van der Waals surface area (Å²) in [5.74, 6) is 0. The lowest BCUT2D eigenvalue weighted by Crippen LogP contribution is -2.25. The topological polar surface area (TPSA) is 52.0 Å². The van der Waals surface area contributed by atoms with Crippen molar-refractivity contribution in [3.8, 4) is 0 Å². The minimum Gasteiger partial charge on any atom is -0.397 e. The normalized spacial score (nSPS) is 12.8. The van der Waals surface area contributed by atoms with Gasteiger partial charge in [-0.25, -0.2) is 0 Å². The molecule has 0 aliphatic heterocycles. The average Bonchev–Trinajstić information content (AvgIpc) is 2.05. The van der Waals surface area contributed by atoms with Crippen LogP contribution < -0.4 is 11.5 Å². The highest BCUT2D eigenvalue weighted by Gasteiger charge is 2.27. The highest BCUT2D eigenvalue weighted by molar-refractivity contribution is 5.64. The Bertz CT molecular complexity index is 373. The predicted molar refractivity (Wildman–Crippen MR) is 72.4 cm³/mol. The fourth-order valence-electron chi connectivity index (χ4n) is 2.42. The second-order valence-electron chi connectivity index (χ2n) is 6.47. The Labute approximate surface area is 99.0 Å². The van der Waals surface area contributed by atoms with Gasteiger partial charge in [-0.2, -0.15) is 0 Å². The second-order valence-corrected chi connectivity index (χ2v) is 6.47. The van der Waals surface area contributed by atoms with Crippen molar-refractivity contribution in [3.05, 3.63) is 23.8 Å². The molecule has 0 aliphatic rings. The first-order chi connectivity index (χ1) is 7.12. The lowest BCUT2D eigenvalue weighted by molar-refractivity contribution is 0.284. The molecular formula is C14H24N2. The van der Waals surface area contributed by atoms with Gasteiger partial charge in [0.25, 0.3) is 0 Å². The van der Waals surface area contributed by atoms with Crippen molar-refractivity contribution in [1.82, 2.24) is 0 Å².